The molecule has 2 aromatic rings. The summed E-state index contributed by atoms with van der Waals surface area (Å²) in [4.78, 5) is 12.5. The summed E-state index contributed by atoms with van der Waals surface area (Å²) in [6.45, 7) is 0. The van der Waals surface area contributed by atoms with E-state index >= 15 is 0 Å². The van der Waals surface area contributed by atoms with E-state index in [-0.39, 0.29) is 11.4 Å². The van der Waals surface area contributed by atoms with Crippen LogP contribution in [0.5, 0.6) is 0 Å². The van der Waals surface area contributed by atoms with Gasteiger partial charge in [-0.3, -0.25) is 4.79 Å². The van der Waals surface area contributed by atoms with Gasteiger partial charge in [-0.15, -0.1) is 0 Å². The summed E-state index contributed by atoms with van der Waals surface area (Å²) in [7, 11) is 1.90. The number of benzene rings is 1. The Kier molecular flexibility index (Phi) is 3.35. The Balaban J connectivity index is 1.89. The van der Waals surface area contributed by atoms with E-state index in [1.54, 1.807) is 0 Å². The van der Waals surface area contributed by atoms with E-state index in [9.17, 15) is 4.79 Å². The van der Waals surface area contributed by atoms with Crippen LogP contribution in [0.4, 0.5) is 0 Å². The Morgan fingerprint density at radius 2 is 1.80 bits per heavy atom. The highest BCUT2D eigenvalue weighted by Crippen LogP contribution is 2.38. The first-order valence-corrected chi connectivity index (χ1v) is 7.21. The first kappa shape index (κ1) is 13.0. The van der Waals surface area contributed by atoms with Gasteiger partial charge in [0.05, 0.1) is 5.54 Å². The number of nitrogens with one attached hydrogen (secondary N) is 1. The molecule has 0 unspecified atom stereocenters. The number of rotatable bonds is 3. The lowest BCUT2D eigenvalue weighted by Gasteiger charge is -2.31. The van der Waals surface area contributed by atoms with E-state index in [4.69, 9.17) is 0 Å². The molecule has 0 radical (unpaired) electrons. The minimum absolute atomic E-state index is 0.0169. The molecule has 1 N–H and O–H groups in total. The molecule has 1 aromatic heterocycles. The molecular weight excluding hydrogens is 248 g/mol. The minimum Gasteiger partial charge on any atom is -0.347 e. The van der Waals surface area contributed by atoms with Crippen molar-refractivity contribution in [3.8, 4) is 0 Å². The maximum Gasteiger partial charge on any atom is 0.268 e. The summed E-state index contributed by atoms with van der Waals surface area (Å²) in [6.07, 6.45) is 6.28. The SMILES string of the molecule is Cn1cccc1C(=O)NC1(c2ccccc2)CCCC1. The molecule has 1 aliphatic rings. The second kappa shape index (κ2) is 5.16. The summed E-state index contributed by atoms with van der Waals surface area (Å²) in [5.74, 6) is 0.0169. The van der Waals surface area contributed by atoms with E-state index in [2.05, 4.69) is 17.4 Å². The zero-order chi connectivity index (χ0) is 14.0. The Morgan fingerprint density at radius 3 is 2.40 bits per heavy atom. The fraction of sp³-hybridized carbons (Fsp3) is 0.353. The second-order valence-electron chi connectivity index (χ2n) is 5.61. The predicted molar refractivity (Wildman–Crippen MR) is 79.5 cm³/mol. The second-order valence-corrected chi connectivity index (χ2v) is 5.61. The molecule has 1 fully saturated rings. The lowest BCUT2D eigenvalue weighted by Crippen LogP contribution is -2.44. The van der Waals surface area contributed by atoms with E-state index in [0.29, 0.717) is 5.69 Å². The van der Waals surface area contributed by atoms with E-state index in [1.807, 2.05) is 48.1 Å². The minimum atomic E-state index is -0.192. The van der Waals surface area contributed by atoms with Crippen molar-refractivity contribution in [3.05, 3.63) is 59.9 Å². The number of hydrogen-bond donors (Lipinski definition) is 1. The Labute approximate surface area is 119 Å². The largest absolute Gasteiger partial charge is 0.347 e. The van der Waals surface area contributed by atoms with Crippen molar-refractivity contribution < 1.29 is 4.79 Å². The van der Waals surface area contributed by atoms with Crippen molar-refractivity contribution >= 4 is 5.91 Å². The number of carbonyl (C=O) groups is 1. The maximum atomic E-state index is 12.5. The van der Waals surface area contributed by atoms with Crippen LogP contribution in [-0.2, 0) is 12.6 Å². The molecule has 0 bridgehead atoms. The molecule has 0 spiro atoms. The normalized spacial score (nSPS) is 17.1. The molecule has 0 aliphatic heterocycles. The van der Waals surface area contributed by atoms with Gasteiger partial charge in [0.2, 0.25) is 0 Å². The standard InChI is InChI=1S/C17H20N2O/c1-19-13-7-10-15(19)16(20)18-17(11-5-6-12-17)14-8-3-2-4-9-14/h2-4,7-10,13H,5-6,11-12H2,1H3,(H,18,20). The van der Waals surface area contributed by atoms with E-state index in [0.717, 1.165) is 12.8 Å². The van der Waals surface area contributed by atoms with Crippen LogP contribution in [-0.4, -0.2) is 10.5 Å². The highest BCUT2D eigenvalue weighted by molar-refractivity contribution is 5.93. The number of hydrogen-bond acceptors (Lipinski definition) is 1. The number of carbonyl (C=O) groups excluding carboxylic acids is 1. The molecular formula is C17H20N2O. The van der Waals surface area contributed by atoms with Crippen LogP contribution < -0.4 is 5.32 Å². The third-order valence-electron chi connectivity index (χ3n) is 4.31. The van der Waals surface area contributed by atoms with Crippen LogP contribution in [0, 0.1) is 0 Å². The quantitative estimate of drug-likeness (QED) is 0.911. The topological polar surface area (TPSA) is 34.0 Å². The van der Waals surface area contributed by atoms with Gasteiger partial charge >= 0.3 is 0 Å². The summed E-state index contributed by atoms with van der Waals surface area (Å²) in [5.41, 5.74) is 1.75. The molecule has 1 aliphatic carbocycles. The zero-order valence-corrected chi connectivity index (χ0v) is 11.8. The van der Waals surface area contributed by atoms with Crippen LogP contribution in [0.25, 0.3) is 0 Å². The Hall–Kier alpha value is -2.03. The molecule has 3 heteroatoms. The predicted octanol–water partition coefficient (Wildman–Crippen LogP) is 3.22. The van der Waals surface area contributed by atoms with Gasteiger partial charge in [-0.2, -0.15) is 0 Å². The fourth-order valence-corrected chi connectivity index (χ4v) is 3.20. The molecule has 1 aromatic carbocycles. The monoisotopic (exact) mass is 268 g/mol. The molecule has 0 saturated heterocycles. The highest BCUT2D eigenvalue weighted by atomic mass is 16.2. The first-order valence-electron chi connectivity index (χ1n) is 7.21. The van der Waals surface area contributed by atoms with Crippen LogP contribution >= 0.6 is 0 Å². The fourth-order valence-electron chi connectivity index (χ4n) is 3.20. The van der Waals surface area contributed by atoms with Gasteiger partial charge < -0.3 is 9.88 Å². The first-order chi connectivity index (χ1) is 9.71. The van der Waals surface area contributed by atoms with Crippen LogP contribution in [0.3, 0.4) is 0 Å². The highest BCUT2D eigenvalue weighted by Gasteiger charge is 2.37. The van der Waals surface area contributed by atoms with Gasteiger partial charge in [-0.25, -0.2) is 0 Å². The summed E-state index contributed by atoms with van der Waals surface area (Å²) >= 11 is 0. The molecule has 3 nitrogen and oxygen atoms in total. The van der Waals surface area contributed by atoms with Crippen molar-refractivity contribution in [3.63, 3.8) is 0 Å². The van der Waals surface area contributed by atoms with Crippen molar-refractivity contribution in [2.75, 3.05) is 0 Å². The number of amides is 1. The molecule has 1 saturated carbocycles. The molecule has 104 valence electrons. The van der Waals surface area contributed by atoms with Crippen molar-refractivity contribution in [1.29, 1.82) is 0 Å². The van der Waals surface area contributed by atoms with Crippen molar-refractivity contribution in [2.24, 2.45) is 7.05 Å². The van der Waals surface area contributed by atoms with Gasteiger partial charge in [0.15, 0.2) is 0 Å². The summed E-state index contributed by atoms with van der Waals surface area (Å²) in [5, 5.41) is 3.29. The van der Waals surface area contributed by atoms with Crippen molar-refractivity contribution in [1.82, 2.24) is 9.88 Å². The average Bonchev–Trinajstić information content (AvgIpc) is 3.09. The number of aryl methyl sites for hydroxylation is 1. The number of aromatic nitrogens is 1. The van der Waals surface area contributed by atoms with Crippen LogP contribution in [0.2, 0.25) is 0 Å². The molecule has 20 heavy (non-hydrogen) atoms. The third-order valence-corrected chi connectivity index (χ3v) is 4.31. The summed E-state index contributed by atoms with van der Waals surface area (Å²) < 4.78 is 1.86. The van der Waals surface area contributed by atoms with Gasteiger partial charge in [0.1, 0.15) is 5.69 Å². The van der Waals surface area contributed by atoms with Crippen LogP contribution in [0.15, 0.2) is 48.7 Å². The molecule has 3 rings (SSSR count). The number of nitrogens with zero attached hydrogens (tertiary/aromatic N) is 1. The van der Waals surface area contributed by atoms with E-state index < -0.39 is 0 Å². The van der Waals surface area contributed by atoms with Crippen molar-refractivity contribution in [2.45, 2.75) is 31.2 Å². The zero-order valence-electron chi connectivity index (χ0n) is 11.8. The smallest absolute Gasteiger partial charge is 0.268 e. The molecule has 0 atom stereocenters. The average molecular weight is 268 g/mol. The molecule has 1 heterocycles. The molecule has 1 amide bonds. The van der Waals surface area contributed by atoms with Gasteiger partial charge in [0.25, 0.3) is 5.91 Å². The van der Waals surface area contributed by atoms with E-state index in [1.165, 1.54) is 18.4 Å². The van der Waals surface area contributed by atoms with Crippen LogP contribution in [0.1, 0.15) is 41.7 Å². The van der Waals surface area contributed by atoms with Gasteiger partial charge in [-0.05, 0) is 30.5 Å². The Morgan fingerprint density at radius 1 is 1.10 bits per heavy atom. The van der Waals surface area contributed by atoms with Gasteiger partial charge in [-0.1, -0.05) is 43.2 Å². The summed E-state index contributed by atoms with van der Waals surface area (Å²) in [6, 6.07) is 14.1. The van der Waals surface area contributed by atoms with Gasteiger partial charge in [0, 0.05) is 13.2 Å². The lowest BCUT2D eigenvalue weighted by atomic mass is 9.88. The Bertz CT molecular complexity index is 594. The lowest BCUT2D eigenvalue weighted by molar-refractivity contribution is 0.0890. The third kappa shape index (κ3) is 2.24. The maximum absolute atomic E-state index is 12.5.